The summed E-state index contributed by atoms with van der Waals surface area (Å²) in [5, 5.41) is 95.8. The number of carboxylic acid groups (broad SMARTS) is 10. The molecule has 44 nitrogen and oxygen atoms in total. The number of carbonyl (C=O) groups excluding carboxylic acids is 9. The van der Waals surface area contributed by atoms with Crippen molar-refractivity contribution in [1.29, 1.82) is 0 Å². The van der Waals surface area contributed by atoms with Gasteiger partial charge in [-0.3, -0.25) is 120 Å². The minimum Gasteiger partial charge on any atom is -0.480 e. The molecule has 0 aromatic rings. The van der Waals surface area contributed by atoms with Crippen molar-refractivity contribution in [2.75, 3.05) is 164 Å². The van der Waals surface area contributed by atoms with Crippen LogP contribution in [-0.2, 0) is 129 Å². The Morgan fingerprint density at radius 2 is 0.625 bits per heavy atom. The molecular weight excluding hydrogens is 1410 g/mol. The Morgan fingerprint density at radius 1 is 0.327 bits per heavy atom. The van der Waals surface area contributed by atoms with E-state index in [-0.39, 0.29) is 45.7 Å². The Labute approximate surface area is 593 Å². The van der Waals surface area contributed by atoms with E-state index in [1.54, 1.807) is 0 Å². The first-order valence-electron chi connectivity index (χ1n) is 31.4. The maximum absolute atomic E-state index is 13.4. The smallest absolute Gasteiger partial charge is 0.324 e. The number of unbranched alkanes of at least 4 members (excludes halogenated alkanes) is 4. The first-order chi connectivity index (χ1) is 48.4. The van der Waals surface area contributed by atoms with Crippen LogP contribution in [0, 0.1) is 10.8 Å². The summed E-state index contributed by atoms with van der Waals surface area (Å²) >= 11 is 0. The molecule has 2 unspecified atom stereocenters. The van der Waals surface area contributed by atoms with E-state index in [4.69, 9.17) is 68.5 Å². The highest BCUT2D eigenvalue weighted by atomic mass is 16.6. The summed E-state index contributed by atoms with van der Waals surface area (Å²) in [5.41, 5.74) is -3.85. The minimum absolute atomic E-state index is 0.0789. The van der Waals surface area contributed by atoms with Gasteiger partial charge in [0, 0.05) is 100 Å². The van der Waals surface area contributed by atoms with Gasteiger partial charge in [0.15, 0.2) is 10.8 Å². The van der Waals surface area contributed by atoms with Crippen LogP contribution in [0.15, 0.2) is 0 Å². The molecule has 0 rings (SSSR count). The predicted octanol–water partition coefficient (Wildman–Crippen LogP) is -4.74. The molecule has 0 aliphatic carbocycles. The van der Waals surface area contributed by atoms with Crippen LogP contribution in [0.3, 0.4) is 0 Å². The number of nitrogens with one attached hydrogen (secondary N) is 1. The zero-order valence-corrected chi connectivity index (χ0v) is 58.3. The summed E-state index contributed by atoms with van der Waals surface area (Å²) in [5.74, 6) is -21.6. The number of rotatable bonds is 58. The molecule has 0 saturated carbocycles. The van der Waals surface area contributed by atoms with E-state index in [9.17, 15) is 112 Å². The number of esters is 8. The molecular formula is C60H93N7O37. The van der Waals surface area contributed by atoms with Gasteiger partial charge in [0.05, 0.1) is 64.9 Å². The lowest BCUT2D eigenvalue weighted by Crippen LogP contribution is -2.53. The van der Waals surface area contributed by atoms with Crippen molar-refractivity contribution in [2.45, 2.75) is 92.2 Å². The molecule has 104 heavy (non-hydrogen) atoms. The maximum Gasteiger partial charge on any atom is 0.324 e. The second-order valence-electron chi connectivity index (χ2n) is 23.2. The lowest BCUT2D eigenvalue weighted by Gasteiger charge is -2.33. The first-order valence-corrected chi connectivity index (χ1v) is 31.4. The average Bonchev–Trinajstić information content (AvgIpc) is 0.833. The van der Waals surface area contributed by atoms with Crippen LogP contribution in [0.2, 0.25) is 0 Å². The van der Waals surface area contributed by atoms with Crippen LogP contribution in [0.4, 0.5) is 0 Å². The number of hydrogen-bond donors (Lipinski definition) is 11. The molecule has 590 valence electrons. The summed E-state index contributed by atoms with van der Waals surface area (Å²) in [4.78, 5) is 229. The van der Waals surface area contributed by atoms with Gasteiger partial charge in [0.1, 0.15) is 58.9 Å². The molecule has 0 heterocycles. The quantitative estimate of drug-likeness (QED) is 0.0155. The van der Waals surface area contributed by atoms with Crippen LogP contribution < -0.4 is 5.32 Å². The fraction of sp³-hybridized carbons (Fsp3) is 0.683. The van der Waals surface area contributed by atoms with E-state index < -0.39 is 261 Å². The molecule has 2 atom stereocenters. The summed E-state index contributed by atoms with van der Waals surface area (Å²) in [7, 11) is 0. The van der Waals surface area contributed by atoms with Crippen LogP contribution in [0.5, 0.6) is 0 Å². The lowest BCUT2D eigenvalue weighted by molar-refractivity contribution is -0.181. The molecule has 0 bridgehead atoms. The number of nitrogens with zero attached hydrogens (tertiary/aromatic N) is 6. The van der Waals surface area contributed by atoms with Gasteiger partial charge in [0.2, 0.25) is 5.91 Å². The summed E-state index contributed by atoms with van der Waals surface area (Å²) in [6, 6.07) is -2.94. The van der Waals surface area contributed by atoms with E-state index in [2.05, 4.69) is 5.32 Å². The maximum atomic E-state index is 13.4. The molecule has 1 amide bonds. The van der Waals surface area contributed by atoms with Gasteiger partial charge in [-0.1, -0.05) is 19.3 Å². The Morgan fingerprint density at radius 3 is 0.952 bits per heavy atom. The molecule has 0 saturated heterocycles. The zero-order valence-electron chi connectivity index (χ0n) is 58.3. The summed E-state index contributed by atoms with van der Waals surface area (Å²) in [6.45, 7) is -8.15. The first kappa shape index (κ1) is 95.7. The molecule has 44 heteroatoms. The third-order valence-electron chi connectivity index (χ3n) is 13.9. The van der Waals surface area contributed by atoms with Gasteiger partial charge in [-0.05, 0) is 12.8 Å². The third kappa shape index (κ3) is 47.7. The molecule has 0 aliphatic heterocycles. The monoisotopic (exact) mass is 1500 g/mol. The van der Waals surface area contributed by atoms with Crippen molar-refractivity contribution in [3.05, 3.63) is 0 Å². The van der Waals surface area contributed by atoms with Gasteiger partial charge in [-0.2, -0.15) is 0 Å². The Hall–Kier alpha value is -10.3. The van der Waals surface area contributed by atoms with Crippen LogP contribution in [-0.4, -0.2) is 370 Å². The van der Waals surface area contributed by atoms with Gasteiger partial charge in [-0.15, -0.1) is 0 Å². The zero-order chi connectivity index (χ0) is 79.9. The SMILES string of the molecule is CC(=O)OCC(COC(C)=O)(COC(C)=O)C(=O)NCCCCCCCC(=O)OCC(CN(CCN(CC(=O)O)CC(=O)O)CC(=O)O)N(CC(=O)O)CC(=O)O.CC(=O)OCC(COC(C)=O)(COC(C)=O)C(=O)OCC(C(=O)O)N(CCN(CC(=O)O)CC(=O)O)CCN(CC(=O)O)CC(=O)O. The molecule has 0 aromatic heterocycles. The largest absolute Gasteiger partial charge is 0.480 e. The van der Waals surface area contributed by atoms with Gasteiger partial charge >= 0.3 is 107 Å². The normalized spacial score (nSPS) is 11.8. The second-order valence-corrected chi connectivity index (χ2v) is 23.2. The summed E-state index contributed by atoms with van der Waals surface area (Å²) in [6.07, 6.45) is 2.50. The fourth-order valence-electron chi connectivity index (χ4n) is 8.97. The third-order valence-corrected chi connectivity index (χ3v) is 13.9. The van der Waals surface area contributed by atoms with Crippen molar-refractivity contribution in [3.63, 3.8) is 0 Å². The van der Waals surface area contributed by atoms with Crippen molar-refractivity contribution in [2.24, 2.45) is 10.8 Å². The average molecular weight is 1500 g/mol. The van der Waals surface area contributed by atoms with E-state index in [0.29, 0.717) is 32.1 Å². The van der Waals surface area contributed by atoms with Crippen LogP contribution in [0.25, 0.3) is 0 Å². The summed E-state index contributed by atoms with van der Waals surface area (Å²) < 4.78 is 40.3. The van der Waals surface area contributed by atoms with Gasteiger partial charge in [-0.25, -0.2) is 0 Å². The van der Waals surface area contributed by atoms with Crippen molar-refractivity contribution in [1.82, 2.24) is 34.7 Å². The molecule has 0 aromatic carbocycles. The van der Waals surface area contributed by atoms with E-state index in [1.165, 1.54) is 4.90 Å². The second kappa shape index (κ2) is 51.8. The van der Waals surface area contributed by atoms with Crippen molar-refractivity contribution < 1.29 is 180 Å². The van der Waals surface area contributed by atoms with Gasteiger partial charge < -0.3 is 94.3 Å². The highest BCUT2D eigenvalue weighted by Gasteiger charge is 2.46. The van der Waals surface area contributed by atoms with E-state index in [1.807, 2.05) is 0 Å². The molecule has 0 radical (unpaired) electrons. The number of ether oxygens (including phenoxy) is 8. The van der Waals surface area contributed by atoms with E-state index in [0.717, 1.165) is 66.0 Å². The van der Waals surface area contributed by atoms with Crippen molar-refractivity contribution >= 4 is 113 Å². The van der Waals surface area contributed by atoms with Crippen LogP contribution >= 0.6 is 0 Å². The molecule has 0 fully saturated rings. The molecule has 0 aliphatic rings. The highest BCUT2D eigenvalue weighted by Crippen LogP contribution is 2.25. The van der Waals surface area contributed by atoms with E-state index >= 15 is 0 Å². The number of aliphatic carboxylic acids is 10. The lowest BCUT2D eigenvalue weighted by atomic mass is 9.89. The molecule has 11 N–H and O–H groups in total. The Balaban J connectivity index is 0. The minimum atomic E-state index is -2.16. The number of hydrogen-bond acceptors (Lipinski definition) is 33. The Bertz CT molecular complexity index is 2730. The standard InChI is InChI=1S/C34H54N4O19.C26H39N3O18/c1-23(39)55-20-34(21-56-24(2)40,22-57-25(3)41)33(53)35-10-8-6-4-5-7-9-32(52)54-19-26(38(17-30(48)49)18-31(50)51)13-36(14-27(42)43)11-12-37(15-28(44)45)16-29(46)47;1-16(30)45-13-26(14-46-17(2)31,15-47-18(3)32)25(43)44-12-19(24(41)42)29(6-4-27(8-20(33)34)9-21(35)36)7-5-28(10-22(37)38)11-23(39)40/h26H,4-22H2,1-3H3,(H,35,53)(H,42,43)(H,44,45)(H,46,47)(H,48,49)(H,50,51);19H,4-15H2,1-3H3,(H,33,34)(H,35,36)(H,37,38)(H,39,40)(H,41,42). The number of carboxylic acids is 10. The van der Waals surface area contributed by atoms with Gasteiger partial charge in [0.25, 0.3) is 0 Å². The highest BCUT2D eigenvalue weighted by molar-refractivity contribution is 5.85. The molecule has 0 spiro atoms. The predicted molar refractivity (Wildman–Crippen MR) is 340 cm³/mol. The number of carbonyl (C=O) groups is 19. The Kier molecular flexibility index (Phi) is 47.7. The fourth-order valence-corrected chi connectivity index (χ4v) is 8.97. The van der Waals surface area contributed by atoms with Crippen molar-refractivity contribution in [3.8, 4) is 0 Å². The van der Waals surface area contributed by atoms with Crippen LogP contribution in [0.1, 0.15) is 80.1 Å². The number of amides is 1. The topological polar surface area (TPSA) is 632 Å².